The molecule has 0 amide bonds. The van der Waals surface area contributed by atoms with Crippen molar-refractivity contribution < 1.29 is 4.79 Å². The third-order valence-electron chi connectivity index (χ3n) is 0.650. The maximum absolute atomic E-state index is 9.50. The molecule has 0 saturated heterocycles. The molecule has 0 fully saturated rings. The van der Waals surface area contributed by atoms with E-state index in [9.17, 15) is 4.79 Å². The van der Waals surface area contributed by atoms with Gasteiger partial charge in [-0.3, -0.25) is 4.79 Å². The third kappa shape index (κ3) is 5.41. The Morgan fingerprint density at radius 1 is 1.71 bits per heavy atom. The minimum Gasteiger partial charge on any atom is -0.291 e. The van der Waals surface area contributed by atoms with E-state index in [1.165, 1.54) is 0 Å². The fourth-order valence-electron chi connectivity index (χ4n) is 0.292. The monoisotopic (exact) mass is 96.1 g/mol. The number of carbonyl (C=O) groups excluding carboxylic acids is 1. The Balaban J connectivity index is 2.68. The molecule has 0 rings (SSSR count). The molecule has 0 aromatic carbocycles. The normalized spacial score (nSPS) is 8.00. The first-order valence-corrected chi connectivity index (χ1v) is 2.30. The minimum absolute atomic E-state index is 0.508. The van der Waals surface area contributed by atoms with Crippen LogP contribution in [0.2, 0.25) is 0 Å². The first-order valence-electron chi connectivity index (χ1n) is 2.30. The Morgan fingerprint density at radius 3 is 2.86 bits per heavy atom. The molecule has 0 aliphatic heterocycles. The highest BCUT2D eigenvalue weighted by molar-refractivity contribution is 5.50. The van der Waals surface area contributed by atoms with E-state index in [-0.39, 0.29) is 0 Å². The third-order valence-corrected chi connectivity index (χ3v) is 0.650. The lowest BCUT2D eigenvalue weighted by atomic mass is 10.2. The Hall–Kier alpha value is -0.590. The first kappa shape index (κ1) is 6.41. The van der Waals surface area contributed by atoms with Gasteiger partial charge in [0.2, 0.25) is 0 Å². The Morgan fingerprint density at radius 2 is 2.43 bits per heavy atom. The SMILES string of the molecule is [CH]=CCCC[C]=O. The highest BCUT2D eigenvalue weighted by atomic mass is 16.1. The van der Waals surface area contributed by atoms with Crippen molar-refractivity contribution in [3.8, 4) is 0 Å². The highest BCUT2D eigenvalue weighted by Crippen LogP contribution is 1.90. The van der Waals surface area contributed by atoms with Crippen LogP contribution in [0.15, 0.2) is 6.08 Å². The van der Waals surface area contributed by atoms with Gasteiger partial charge >= 0.3 is 0 Å². The molecule has 0 heterocycles. The van der Waals surface area contributed by atoms with Gasteiger partial charge in [-0.25, -0.2) is 0 Å². The van der Waals surface area contributed by atoms with E-state index >= 15 is 0 Å². The summed E-state index contributed by atoms with van der Waals surface area (Å²) in [6.07, 6.45) is 5.49. The summed E-state index contributed by atoms with van der Waals surface area (Å²) in [6, 6.07) is 0. The summed E-state index contributed by atoms with van der Waals surface area (Å²) in [4.78, 5) is 9.50. The van der Waals surface area contributed by atoms with Gasteiger partial charge in [-0.2, -0.15) is 0 Å². The van der Waals surface area contributed by atoms with Crippen LogP contribution in [-0.2, 0) is 4.79 Å². The van der Waals surface area contributed by atoms with Crippen molar-refractivity contribution >= 4 is 6.29 Å². The van der Waals surface area contributed by atoms with E-state index in [4.69, 9.17) is 6.58 Å². The molecular formula is C6H8O. The molecule has 0 spiro atoms. The number of allylic oxidation sites excluding steroid dienone is 1. The average molecular weight is 96.1 g/mol. The molecule has 0 atom stereocenters. The van der Waals surface area contributed by atoms with Crippen molar-refractivity contribution in [3.05, 3.63) is 12.7 Å². The first-order chi connectivity index (χ1) is 3.41. The van der Waals surface area contributed by atoms with Crippen LogP contribution in [0.1, 0.15) is 19.3 Å². The fourth-order valence-corrected chi connectivity index (χ4v) is 0.292. The Bertz CT molecular complexity index is 49.2. The molecule has 1 nitrogen and oxygen atoms in total. The molecule has 0 bridgehead atoms. The van der Waals surface area contributed by atoms with Crippen LogP contribution in [-0.4, -0.2) is 6.29 Å². The lowest BCUT2D eigenvalue weighted by Crippen LogP contribution is -1.71. The van der Waals surface area contributed by atoms with Gasteiger partial charge in [0.15, 0.2) is 6.29 Å². The molecule has 2 radical (unpaired) electrons. The molecule has 1 heteroatoms. The van der Waals surface area contributed by atoms with Crippen molar-refractivity contribution in [2.75, 3.05) is 0 Å². The molecule has 7 heavy (non-hydrogen) atoms. The molecule has 0 saturated carbocycles. The smallest absolute Gasteiger partial charge is 0.198 e. The summed E-state index contributed by atoms with van der Waals surface area (Å²) in [7, 11) is 0. The zero-order valence-corrected chi connectivity index (χ0v) is 4.18. The molecule has 0 unspecified atom stereocenters. The van der Waals surface area contributed by atoms with Gasteiger partial charge in [0.1, 0.15) is 0 Å². The lowest BCUT2D eigenvalue weighted by Gasteiger charge is -1.80. The van der Waals surface area contributed by atoms with Crippen molar-refractivity contribution in [3.63, 3.8) is 0 Å². The molecule has 0 N–H and O–H groups in total. The fraction of sp³-hybridized carbons (Fsp3) is 0.500. The molecule has 0 aliphatic rings. The second kappa shape index (κ2) is 5.41. The van der Waals surface area contributed by atoms with Gasteiger partial charge in [0.05, 0.1) is 0 Å². The Kier molecular flexibility index (Phi) is 4.95. The number of unbranched alkanes of at least 4 members (excludes halogenated alkanes) is 2. The van der Waals surface area contributed by atoms with E-state index in [0.29, 0.717) is 6.42 Å². The average Bonchev–Trinajstić information content (AvgIpc) is 1.69. The molecule has 0 aliphatic carbocycles. The van der Waals surface area contributed by atoms with Crippen LogP contribution in [0.4, 0.5) is 0 Å². The zero-order chi connectivity index (χ0) is 5.54. The van der Waals surface area contributed by atoms with Gasteiger partial charge in [0.25, 0.3) is 0 Å². The standard InChI is InChI=1S/C6H8O/c1-2-3-4-5-6-7/h1-2H,3-5H2. The minimum atomic E-state index is 0.508. The second-order valence-corrected chi connectivity index (χ2v) is 1.27. The van der Waals surface area contributed by atoms with E-state index in [0.717, 1.165) is 12.8 Å². The number of rotatable bonds is 4. The van der Waals surface area contributed by atoms with Crippen molar-refractivity contribution in [1.29, 1.82) is 0 Å². The van der Waals surface area contributed by atoms with Crippen molar-refractivity contribution in [2.45, 2.75) is 19.3 Å². The van der Waals surface area contributed by atoms with E-state index in [2.05, 4.69) is 0 Å². The van der Waals surface area contributed by atoms with Crippen LogP contribution in [0, 0.1) is 6.58 Å². The Labute approximate surface area is 44.0 Å². The molecule has 0 aromatic rings. The predicted octanol–water partition coefficient (Wildman–Crippen LogP) is 1.26. The maximum Gasteiger partial charge on any atom is 0.198 e. The summed E-state index contributed by atoms with van der Waals surface area (Å²) >= 11 is 0. The van der Waals surface area contributed by atoms with Crippen LogP contribution in [0.3, 0.4) is 0 Å². The van der Waals surface area contributed by atoms with Crippen LogP contribution in [0.25, 0.3) is 0 Å². The summed E-state index contributed by atoms with van der Waals surface area (Å²) < 4.78 is 0. The van der Waals surface area contributed by atoms with Gasteiger partial charge in [-0.15, -0.1) is 0 Å². The summed E-state index contributed by atoms with van der Waals surface area (Å²) in [5, 5.41) is 0. The predicted molar refractivity (Wildman–Crippen MR) is 28.4 cm³/mol. The molecular weight excluding hydrogens is 88.1 g/mol. The number of hydrogen-bond donors (Lipinski definition) is 0. The van der Waals surface area contributed by atoms with Crippen molar-refractivity contribution in [1.82, 2.24) is 0 Å². The zero-order valence-electron chi connectivity index (χ0n) is 4.18. The summed E-state index contributed by atoms with van der Waals surface area (Å²) in [5.74, 6) is 0. The quantitative estimate of drug-likeness (QED) is 0.481. The van der Waals surface area contributed by atoms with Gasteiger partial charge < -0.3 is 0 Å². The van der Waals surface area contributed by atoms with Crippen molar-refractivity contribution in [2.24, 2.45) is 0 Å². The topological polar surface area (TPSA) is 17.1 Å². The van der Waals surface area contributed by atoms with Crippen LogP contribution in [0.5, 0.6) is 0 Å². The summed E-state index contributed by atoms with van der Waals surface area (Å²) in [6.45, 7) is 5.01. The van der Waals surface area contributed by atoms with E-state index in [1.54, 1.807) is 12.4 Å². The van der Waals surface area contributed by atoms with Gasteiger partial charge in [-0.1, -0.05) is 12.7 Å². The number of hydrogen-bond acceptors (Lipinski definition) is 1. The lowest BCUT2D eigenvalue weighted by molar-refractivity contribution is 0.549. The van der Waals surface area contributed by atoms with Crippen LogP contribution < -0.4 is 0 Å². The van der Waals surface area contributed by atoms with E-state index < -0.39 is 0 Å². The van der Waals surface area contributed by atoms with Crippen LogP contribution >= 0.6 is 0 Å². The second-order valence-electron chi connectivity index (χ2n) is 1.27. The largest absolute Gasteiger partial charge is 0.291 e. The van der Waals surface area contributed by atoms with Gasteiger partial charge in [0, 0.05) is 6.42 Å². The molecule has 38 valence electrons. The molecule has 0 aromatic heterocycles. The van der Waals surface area contributed by atoms with E-state index in [1.807, 2.05) is 0 Å². The highest BCUT2D eigenvalue weighted by Gasteiger charge is 1.78. The van der Waals surface area contributed by atoms with Gasteiger partial charge in [-0.05, 0) is 12.8 Å². The summed E-state index contributed by atoms with van der Waals surface area (Å²) in [5.41, 5.74) is 0. The maximum atomic E-state index is 9.50.